The summed E-state index contributed by atoms with van der Waals surface area (Å²) < 4.78 is 7.10. The van der Waals surface area contributed by atoms with E-state index in [-0.39, 0.29) is 29.5 Å². The predicted octanol–water partition coefficient (Wildman–Crippen LogP) is 3.63. The van der Waals surface area contributed by atoms with Gasteiger partial charge in [0.25, 0.3) is 5.56 Å². The van der Waals surface area contributed by atoms with Crippen LogP contribution in [0.1, 0.15) is 36.4 Å². The third-order valence-corrected chi connectivity index (χ3v) is 5.65. The summed E-state index contributed by atoms with van der Waals surface area (Å²) >= 11 is 0. The minimum Gasteiger partial charge on any atom is -0.497 e. The van der Waals surface area contributed by atoms with Crippen LogP contribution in [0.2, 0.25) is 0 Å². The smallest absolute Gasteiger partial charge is 0.250 e. The number of nitrogens with zero attached hydrogens (tertiary/aromatic N) is 3. The van der Waals surface area contributed by atoms with Crippen LogP contribution in [0, 0.1) is 6.92 Å². The lowest BCUT2D eigenvalue weighted by molar-refractivity contribution is 0.414. The lowest BCUT2D eigenvalue weighted by atomic mass is 9.98. The van der Waals surface area contributed by atoms with Crippen LogP contribution in [0.15, 0.2) is 52.3 Å². The first-order valence-corrected chi connectivity index (χ1v) is 10.4. The molecule has 1 unspecified atom stereocenters. The summed E-state index contributed by atoms with van der Waals surface area (Å²) in [6.45, 7) is 5.58. The molecule has 1 aliphatic rings. The number of aryl methyl sites for hydroxylation is 1. The van der Waals surface area contributed by atoms with Crippen molar-refractivity contribution in [3.8, 4) is 5.75 Å². The number of unbranched alkanes of at least 4 members (excludes halogenated alkanes) is 1. The van der Waals surface area contributed by atoms with E-state index in [0.717, 1.165) is 62.8 Å². The van der Waals surface area contributed by atoms with E-state index in [0.29, 0.717) is 5.92 Å². The highest BCUT2D eigenvalue weighted by Gasteiger charge is 2.25. The molecule has 1 N–H and O–H groups in total. The van der Waals surface area contributed by atoms with E-state index in [1.165, 1.54) is 5.56 Å². The van der Waals surface area contributed by atoms with Gasteiger partial charge in [0.1, 0.15) is 5.75 Å². The molecule has 1 saturated heterocycles. The van der Waals surface area contributed by atoms with Crippen molar-refractivity contribution in [2.45, 2.75) is 38.6 Å². The number of guanidine groups is 1. The van der Waals surface area contributed by atoms with E-state index in [9.17, 15) is 4.79 Å². The second-order valence-electron chi connectivity index (χ2n) is 7.54. The Morgan fingerprint density at radius 1 is 1.20 bits per heavy atom. The van der Waals surface area contributed by atoms with Gasteiger partial charge in [0.2, 0.25) is 0 Å². The number of halogens is 1. The topological polar surface area (TPSA) is 58.9 Å². The quantitative estimate of drug-likeness (QED) is 0.260. The fraction of sp³-hybridized carbons (Fsp3) is 0.478. The molecule has 2 aromatic rings. The number of nitrogens with one attached hydrogen (secondary N) is 1. The summed E-state index contributed by atoms with van der Waals surface area (Å²) in [5.74, 6) is 2.38. The number of rotatable bonds is 7. The Morgan fingerprint density at radius 2 is 1.97 bits per heavy atom. The van der Waals surface area contributed by atoms with Crippen LogP contribution in [0.25, 0.3) is 0 Å². The minimum atomic E-state index is 0. The molecule has 1 fully saturated rings. The molecule has 0 bridgehead atoms. The van der Waals surface area contributed by atoms with Crippen molar-refractivity contribution in [3.63, 3.8) is 0 Å². The number of methoxy groups -OCH3 is 1. The molecule has 7 heteroatoms. The molecule has 164 valence electrons. The minimum absolute atomic E-state index is 0. The van der Waals surface area contributed by atoms with Crippen molar-refractivity contribution in [3.05, 3.63) is 64.1 Å². The molecule has 30 heavy (non-hydrogen) atoms. The van der Waals surface area contributed by atoms with Crippen molar-refractivity contribution >= 4 is 29.9 Å². The number of hydrogen-bond donors (Lipinski definition) is 1. The first kappa shape index (κ1) is 24.2. The first-order chi connectivity index (χ1) is 14.1. The van der Waals surface area contributed by atoms with Crippen LogP contribution in [-0.4, -0.2) is 49.2 Å². The largest absolute Gasteiger partial charge is 0.497 e. The molecule has 2 heterocycles. The summed E-state index contributed by atoms with van der Waals surface area (Å²) in [6.07, 6.45) is 3.09. The molecule has 0 amide bonds. The standard InChI is InChI=1S/C23H32N4O2.HI/c1-18-7-6-8-22(28)27(18)15-5-4-14-25-23(24-2)26-16-13-20(17-26)19-9-11-21(29-3)12-10-19;/h6-12,20H,4-5,13-17H2,1-3H3,(H,24,25);1H. The Morgan fingerprint density at radius 3 is 2.63 bits per heavy atom. The van der Waals surface area contributed by atoms with Crippen LogP contribution in [0.3, 0.4) is 0 Å². The molecule has 0 spiro atoms. The maximum atomic E-state index is 11.9. The normalized spacial score (nSPS) is 16.3. The highest BCUT2D eigenvalue weighted by atomic mass is 127. The number of aromatic nitrogens is 1. The van der Waals surface area contributed by atoms with Crippen molar-refractivity contribution in [2.75, 3.05) is 33.8 Å². The van der Waals surface area contributed by atoms with Gasteiger partial charge in [-0.05, 0) is 49.9 Å². The highest BCUT2D eigenvalue weighted by molar-refractivity contribution is 14.0. The second kappa shape index (κ2) is 12.0. The van der Waals surface area contributed by atoms with Gasteiger partial charge in [-0.1, -0.05) is 18.2 Å². The number of likely N-dealkylation sites (tertiary alicyclic amines) is 1. The van der Waals surface area contributed by atoms with Crippen LogP contribution in [0.4, 0.5) is 0 Å². The number of ether oxygens (including phenoxy) is 1. The summed E-state index contributed by atoms with van der Waals surface area (Å²) in [7, 11) is 3.54. The SMILES string of the molecule is CN=C(NCCCCn1c(C)cccc1=O)N1CCC(c2ccc(OC)cc2)C1.I. The average molecular weight is 524 g/mol. The molecular formula is C23H33IN4O2. The third-order valence-electron chi connectivity index (χ3n) is 5.65. The molecule has 1 aromatic heterocycles. The monoisotopic (exact) mass is 524 g/mol. The summed E-state index contributed by atoms with van der Waals surface area (Å²) in [5.41, 5.74) is 2.45. The van der Waals surface area contributed by atoms with Gasteiger partial charge in [-0.15, -0.1) is 24.0 Å². The fourth-order valence-corrected chi connectivity index (χ4v) is 3.94. The maximum Gasteiger partial charge on any atom is 0.250 e. The Balaban J connectivity index is 0.00000320. The van der Waals surface area contributed by atoms with E-state index in [4.69, 9.17) is 4.74 Å². The number of aliphatic imine (C=N–C) groups is 1. The molecule has 1 aromatic carbocycles. The van der Waals surface area contributed by atoms with Gasteiger partial charge in [0, 0.05) is 50.9 Å². The number of benzene rings is 1. The third kappa shape index (κ3) is 6.23. The summed E-state index contributed by atoms with van der Waals surface area (Å²) in [6, 6.07) is 13.8. The van der Waals surface area contributed by atoms with Crippen molar-refractivity contribution in [1.82, 2.24) is 14.8 Å². The lowest BCUT2D eigenvalue weighted by Crippen LogP contribution is -2.40. The molecule has 0 radical (unpaired) electrons. The van der Waals surface area contributed by atoms with Gasteiger partial charge in [-0.25, -0.2) is 0 Å². The van der Waals surface area contributed by atoms with E-state index < -0.39 is 0 Å². The van der Waals surface area contributed by atoms with Crippen molar-refractivity contribution in [1.29, 1.82) is 0 Å². The molecule has 6 nitrogen and oxygen atoms in total. The Kier molecular flexibility index (Phi) is 9.68. The Hall–Kier alpha value is -2.03. The van der Waals surface area contributed by atoms with Crippen LogP contribution >= 0.6 is 24.0 Å². The van der Waals surface area contributed by atoms with Gasteiger partial charge < -0.3 is 19.5 Å². The molecule has 3 rings (SSSR count). The van der Waals surface area contributed by atoms with Gasteiger partial charge in [0.05, 0.1) is 7.11 Å². The summed E-state index contributed by atoms with van der Waals surface area (Å²) in [5, 5.41) is 3.49. The number of pyridine rings is 1. The Labute approximate surface area is 196 Å². The first-order valence-electron chi connectivity index (χ1n) is 10.4. The van der Waals surface area contributed by atoms with E-state index in [1.54, 1.807) is 13.2 Å². The molecular weight excluding hydrogens is 491 g/mol. The van der Waals surface area contributed by atoms with Gasteiger partial charge in [-0.2, -0.15) is 0 Å². The molecule has 1 aliphatic heterocycles. The zero-order valence-electron chi connectivity index (χ0n) is 18.1. The zero-order chi connectivity index (χ0) is 20.6. The van der Waals surface area contributed by atoms with Crippen molar-refractivity contribution < 1.29 is 4.74 Å². The van der Waals surface area contributed by atoms with Crippen molar-refractivity contribution in [2.24, 2.45) is 4.99 Å². The molecule has 0 aliphatic carbocycles. The molecule has 0 saturated carbocycles. The highest BCUT2D eigenvalue weighted by Crippen LogP contribution is 2.28. The maximum absolute atomic E-state index is 11.9. The van der Waals surface area contributed by atoms with E-state index in [2.05, 4.69) is 27.3 Å². The lowest BCUT2D eigenvalue weighted by Gasteiger charge is -2.22. The van der Waals surface area contributed by atoms with Gasteiger partial charge >= 0.3 is 0 Å². The van der Waals surface area contributed by atoms with E-state index in [1.807, 2.05) is 42.8 Å². The molecule has 1 atom stereocenters. The Bertz CT molecular complexity index is 880. The van der Waals surface area contributed by atoms with Crippen LogP contribution in [-0.2, 0) is 6.54 Å². The summed E-state index contributed by atoms with van der Waals surface area (Å²) in [4.78, 5) is 18.7. The predicted molar refractivity (Wildman–Crippen MR) is 133 cm³/mol. The van der Waals surface area contributed by atoms with Gasteiger partial charge in [0.15, 0.2) is 5.96 Å². The van der Waals surface area contributed by atoms with Crippen LogP contribution in [0.5, 0.6) is 5.75 Å². The van der Waals surface area contributed by atoms with Crippen LogP contribution < -0.4 is 15.6 Å². The number of hydrogen-bond acceptors (Lipinski definition) is 3. The second-order valence-corrected chi connectivity index (χ2v) is 7.54. The fourth-order valence-electron chi connectivity index (χ4n) is 3.94. The van der Waals surface area contributed by atoms with Gasteiger partial charge in [-0.3, -0.25) is 9.79 Å². The van der Waals surface area contributed by atoms with E-state index >= 15 is 0 Å². The zero-order valence-corrected chi connectivity index (χ0v) is 20.5. The average Bonchev–Trinajstić information content (AvgIpc) is 3.22.